The third-order valence-electron chi connectivity index (χ3n) is 7.13. The normalized spacial score (nSPS) is 11.5. The molecule has 0 spiro atoms. The second-order valence-electron chi connectivity index (χ2n) is 9.71. The molecule has 6 aromatic carbocycles. The van der Waals surface area contributed by atoms with Gasteiger partial charge in [0.1, 0.15) is 11.5 Å². The average molecular weight is 645 g/mol. The highest BCUT2D eigenvalue weighted by Gasteiger charge is 2.26. The standard InChI is InChI=1S/C36H22IO4/c1-5-13-27-23(9-1)21-24-10-2-6-14-28(24)35(27)40-33-19-17-31(38-33)37-32-18-20-34(39-32)41-36-29-15-7-3-11-25(29)22-26-12-4-8-16-30(26)36/h1-22H/q+1. The molecule has 4 nitrogen and oxygen atoms in total. The van der Waals surface area contributed by atoms with E-state index in [2.05, 4.69) is 60.7 Å². The van der Waals surface area contributed by atoms with Crippen molar-refractivity contribution < 1.29 is 39.5 Å². The van der Waals surface area contributed by atoms with Crippen LogP contribution in [-0.4, -0.2) is 0 Å². The van der Waals surface area contributed by atoms with Gasteiger partial charge in [-0.1, -0.05) is 97.1 Å². The van der Waals surface area contributed by atoms with Crippen LogP contribution in [0, 0.1) is 7.53 Å². The van der Waals surface area contributed by atoms with Crippen LogP contribution in [0.3, 0.4) is 0 Å². The van der Waals surface area contributed by atoms with Crippen LogP contribution in [0.4, 0.5) is 0 Å². The van der Waals surface area contributed by atoms with Crippen LogP contribution in [0.15, 0.2) is 142 Å². The minimum Gasteiger partial charge on any atom is -0.425 e. The smallest absolute Gasteiger partial charge is 0.425 e. The lowest BCUT2D eigenvalue weighted by molar-refractivity contribution is -0.636. The molecule has 2 heterocycles. The number of ether oxygens (including phenoxy) is 2. The van der Waals surface area contributed by atoms with E-state index in [9.17, 15) is 0 Å². The molecule has 196 valence electrons. The Balaban J connectivity index is 1.07. The van der Waals surface area contributed by atoms with Crippen molar-refractivity contribution in [2.24, 2.45) is 0 Å². The van der Waals surface area contributed by atoms with E-state index in [0.29, 0.717) is 11.9 Å². The van der Waals surface area contributed by atoms with Crippen molar-refractivity contribution >= 4 is 43.1 Å². The Bertz CT molecular complexity index is 1940. The van der Waals surface area contributed by atoms with Gasteiger partial charge in [0.05, 0.1) is 0 Å². The van der Waals surface area contributed by atoms with Crippen molar-refractivity contribution in [3.05, 3.63) is 141 Å². The predicted octanol–water partition coefficient (Wildman–Crippen LogP) is 7.20. The van der Waals surface area contributed by atoms with Gasteiger partial charge in [0.15, 0.2) is 0 Å². The lowest BCUT2D eigenvalue weighted by atomic mass is 10.0. The molecule has 8 rings (SSSR count). The van der Waals surface area contributed by atoms with Crippen molar-refractivity contribution in [1.29, 1.82) is 0 Å². The number of fused-ring (bicyclic) bond motifs is 4. The maximum Gasteiger partial charge on any atom is 0.443 e. The highest BCUT2D eigenvalue weighted by molar-refractivity contribution is 6.06. The lowest BCUT2D eigenvalue weighted by Gasteiger charge is -2.10. The van der Waals surface area contributed by atoms with Gasteiger partial charge in [-0.2, -0.15) is 0 Å². The molecule has 5 heteroatoms. The molecule has 0 aliphatic carbocycles. The number of rotatable bonds is 6. The number of hydrogen-bond donors (Lipinski definition) is 0. The average Bonchev–Trinajstić information content (AvgIpc) is 3.66. The van der Waals surface area contributed by atoms with E-state index < -0.39 is 21.2 Å². The molecular weight excluding hydrogens is 623 g/mol. The second kappa shape index (κ2) is 10.0. The van der Waals surface area contributed by atoms with E-state index in [1.54, 1.807) is 0 Å². The highest BCUT2D eigenvalue weighted by Crippen LogP contribution is 2.39. The molecule has 0 bridgehead atoms. The highest BCUT2D eigenvalue weighted by atomic mass is 127. The third-order valence-corrected chi connectivity index (χ3v) is 9.36. The van der Waals surface area contributed by atoms with Crippen molar-refractivity contribution in [3.8, 4) is 23.4 Å². The molecule has 0 N–H and O–H groups in total. The van der Waals surface area contributed by atoms with E-state index in [1.807, 2.05) is 72.8 Å². The van der Waals surface area contributed by atoms with Crippen LogP contribution < -0.4 is 30.7 Å². The summed E-state index contributed by atoms with van der Waals surface area (Å²) in [6, 6.07) is 45.1. The summed E-state index contributed by atoms with van der Waals surface area (Å²) in [7, 11) is 0. The molecule has 8 aromatic rings. The number of hydrogen-bond acceptors (Lipinski definition) is 4. The molecule has 0 saturated carbocycles. The molecular formula is C36H22IO4+. The summed E-state index contributed by atoms with van der Waals surface area (Å²) in [6.07, 6.45) is 0. The van der Waals surface area contributed by atoms with Crippen LogP contribution in [0.25, 0.3) is 43.1 Å². The molecule has 0 aliphatic rings. The molecule has 0 amide bonds. The molecule has 2 aromatic heterocycles. The van der Waals surface area contributed by atoms with Gasteiger partial charge >= 0.3 is 28.7 Å². The first kappa shape index (κ1) is 24.1. The summed E-state index contributed by atoms with van der Waals surface area (Å²) in [5.41, 5.74) is 0. The Morgan fingerprint density at radius 1 is 0.390 bits per heavy atom. The largest absolute Gasteiger partial charge is 0.443 e. The Morgan fingerprint density at radius 3 is 1.10 bits per heavy atom. The fourth-order valence-corrected chi connectivity index (χ4v) is 7.16. The summed E-state index contributed by atoms with van der Waals surface area (Å²) in [5, 5.41) is 8.70. The van der Waals surface area contributed by atoms with E-state index in [1.165, 1.54) is 0 Å². The van der Waals surface area contributed by atoms with Gasteiger partial charge < -0.3 is 18.3 Å². The number of benzene rings is 6. The molecule has 0 saturated heterocycles. The summed E-state index contributed by atoms with van der Waals surface area (Å²) in [5.74, 6) is 2.53. The summed E-state index contributed by atoms with van der Waals surface area (Å²) in [4.78, 5) is 0. The first-order chi connectivity index (χ1) is 20.3. The maximum absolute atomic E-state index is 6.38. The molecule has 0 fully saturated rings. The Kier molecular flexibility index (Phi) is 5.88. The first-order valence-corrected chi connectivity index (χ1v) is 15.5. The van der Waals surface area contributed by atoms with E-state index in [4.69, 9.17) is 18.3 Å². The first-order valence-electron chi connectivity index (χ1n) is 13.3. The van der Waals surface area contributed by atoms with Crippen LogP contribution in [0.5, 0.6) is 23.4 Å². The minimum absolute atomic E-state index is 0.464. The summed E-state index contributed by atoms with van der Waals surface area (Å²) < 4.78 is 26.8. The Morgan fingerprint density at radius 2 is 0.732 bits per heavy atom. The van der Waals surface area contributed by atoms with Gasteiger partial charge in [-0.25, -0.2) is 0 Å². The van der Waals surface area contributed by atoms with Crippen LogP contribution >= 0.6 is 0 Å². The fourth-order valence-electron chi connectivity index (χ4n) is 5.26. The lowest BCUT2D eigenvalue weighted by Crippen LogP contribution is -3.61. The van der Waals surface area contributed by atoms with Crippen LogP contribution in [0.1, 0.15) is 0 Å². The zero-order valence-electron chi connectivity index (χ0n) is 21.7. The SMILES string of the molecule is c1ccc2c(Oc3ccc([I+]c4ccc(Oc5c6ccccc6cc6ccccc56)o4)o3)c3ccccc3cc2c1. The van der Waals surface area contributed by atoms with Gasteiger partial charge in [0.2, 0.25) is 0 Å². The van der Waals surface area contributed by atoms with Gasteiger partial charge in [-0.05, 0) is 33.7 Å². The predicted molar refractivity (Wildman–Crippen MR) is 158 cm³/mol. The maximum atomic E-state index is 6.38. The molecule has 0 radical (unpaired) electrons. The zero-order chi connectivity index (χ0) is 27.2. The fraction of sp³-hybridized carbons (Fsp3) is 0. The van der Waals surface area contributed by atoms with Gasteiger partial charge in [0, 0.05) is 45.8 Å². The topological polar surface area (TPSA) is 44.7 Å². The number of furan rings is 2. The van der Waals surface area contributed by atoms with E-state index >= 15 is 0 Å². The summed E-state index contributed by atoms with van der Waals surface area (Å²) in [6.45, 7) is 0. The van der Waals surface area contributed by atoms with Gasteiger partial charge in [-0.3, -0.25) is 0 Å². The Labute approximate surface area is 246 Å². The zero-order valence-corrected chi connectivity index (χ0v) is 23.9. The van der Waals surface area contributed by atoms with Crippen molar-refractivity contribution in [3.63, 3.8) is 0 Å². The monoisotopic (exact) mass is 645 g/mol. The molecule has 0 atom stereocenters. The van der Waals surface area contributed by atoms with Crippen LogP contribution in [-0.2, 0) is 0 Å². The molecule has 0 aliphatic heterocycles. The third kappa shape index (κ3) is 4.48. The quantitative estimate of drug-likeness (QED) is 0.142. The summed E-state index contributed by atoms with van der Waals surface area (Å²) >= 11 is -0.717. The Hall–Kier alpha value is -4.75. The number of halogens is 1. The van der Waals surface area contributed by atoms with Crippen molar-refractivity contribution in [2.45, 2.75) is 0 Å². The molecule has 41 heavy (non-hydrogen) atoms. The van der Waals surface area contributed by atoms with E-state index in [-0.39, 0.29) is 0 Å². The van der Waals surface area contributed by atoms with Crippen molar-refractivity contribution in [1.82, 2.24) is 0 Å². The van der Waals surface area contributed by atoms with Crippen molar-refractivity contribution in [2.75, 3.05) is 0 Å². The van der Waals surface area contributed by atoms with Gasteiger partial charge in [-0.15, -0.1) is 0 Å². The minimum atomic E-state index is -0.717. The van der Waals surface area contributed by atoms with E-state index in [0.717, 1.165) is 62.1 Å². The van der Waals surface area contributed by atoms with Gasteiger partial charge in [0.25, 0.3) is 11.9 Å². The molecule has 0 unspecified atom stereocenters. The second-order valence-corrected chi connectivity index (χ2v) is 12.4. The van der Waals surface area contributed by atoms with Crippen LogP contribution in [0.2, 0.25) is 0 Å².